The molecule has 1 heterocycles. The molecule has 2 aromatic carbocycles. The molecule has 5 nitrogen and oxygen atoms in total. The van der Waals surface area contributed by atoms with Crippen LogP contribution < -0.4 is 10.2 Å². The van der Waals surface area contributed by atoms with E-state index in [2.05, 4.69) is 15.5 Å². The first-order valence-electron chi connectivity index (χ1n) is 7.81. The van der Waals surface area contributed by atoms with E-state index in [0.717, 1.165) is 11.3 Å². The van der Waals surface area contributed by atoms with E-state index >= 15 is 0 Å². The van der Waals surface area contributed by atoms with Gasteiger partial charge in [-0.2, -0.15) is 5.10 Å². The fourth-order valence-corrected chi connectivity index (χ4v) is 3.05. The number of carbonyl (C=O) groups is 1. The lowest BCUT2D eigenvalue weighted by Gasteiger charge is -2.01. The minimum absolute atomic E-state index is 0.131. The van der Waals surface area contributed by atoms with Crippen molar-refractivity contribution < 1.29 is 13.9 Å². The zero-order valence-corrected chi connectivity index (χ0v) is 14.8. The number of methoxy groups -OCH3 is 1. The van der Waals surface area contributed by atoms with Gasteiger partial charge in [0.1, 0.15) is 5.01 Å². The first kappa shape index (κ1) is 17.8. The molecule has 1 N–H and O–H groups in total. The van der Waals surface area contributed by atoms with Gasteiger partial charge >= 0.3 is 0 Å². The minimum Gasteiger partial charge on any atom is -0.494 e. The second-order valence-electron chi connectivity index (χ2n) is 5.36. The van der Waals surface area contributed by atoms with Gasteiger partial charge in [0.25, 0.3) is 0 Å². The number of hydrogen-bond donors (Lipinski definition) is 1. The molecule has 26 heavy (non-hydrogen) atoms. The third-order valence-electron chi connectivity index (χ3n) is 3.51. The van der Waals surface area contributed by atoms with E-state index in [9.17, 15) is 9.18 Å². The summed E-state index contributed by atoms with van der Waals surface area (Å²) < 4.78 is 18.4. The fraction of sp³-hybridized carbons (Fsp3) is 0.105. The van der Waals surface area contributed by atoms with Gasteiger partial charge < -0.3 is 4.74 Å². The molecule has 0 unspecified atom stereocenters. The number of carbonyl (C=O) groups excluding carboxylic acids is 1. The van der Waals surface area contributed by atoms with Crippen molar-refractivity contribution in [2.45, 2.75) is 6.42 Å². The van der Waals surface area contributed by atoms with E-state index in [4.69, 9.17) is 4.74 Å². The Morgan fingerprint density at radius 1 is 1.31 bits per heavy atom. The van der Waals surface area contributed by atoms with Crippen molar-refractivity contribution in [1.29, 1.82) is 0 Å². The number of amides is 1. The zero-order valence-electron chi connectivity index (χ0n) is 14.0. The third-order valence-corrected chi connectivity index (χ3v) is 4.36. The lowest BCUT2D eigenvalue weighted by atomic mass is 10.2. The molecule has 3 aromatic rings. The number of benzene rings is 2. The van der Waals surface area contributed by atoms with Gasteiger partial charge in [-0.05, 0) is 23.8 Å². The van der Waals surface area contributed by atoms with E-state index in [1.165, 1.54) is 36.8 Å². The van der Waals surface area contributed by atoms with Crippen molar-refractivity contribution in [2.75, 3.05) is 7.11 Å². The molecule has 0 aliphatic heterocycles. The van der Waals surface area contributed by atoms with Crippen LogP contribution in [0.2, 0.25) is 0 Å². The number of aromatic nitrogens is 1. The van der Waals surface area contributed by atoms with Crippen molar-refractivity contribution in [1.82, 2.24) is 10.4 Å². The van der Waals surface area contributed by atoms with Gasteiger partial charge in [-0.3, -0.25) is 4.79 Å². The van der Waals surface area contributed by atoms with Crippen LogP contribution in [0.3, 0.4) is 0 Å². The molecule has 132 valence electrons. The summed E-state index contributed by atoms with van der Waals surface area (Å²) in [6, 6.07) is 14.2. The zero-order chi connectivity index (χ0) is 18.4. The average molecular weight is 369 g/mol. The van der Waals surface area contributed by atoms with E-state index in [0.29, 0.717) is 10.6 Å². The number of nitrogens with zero attached hydrogens (tertiary/aromatic N) is 2. The minimum atomic E-state index is -0.487. The van der Waals surface area contributed by atoms with Crippen molar-refractivity contribution in [3.05, 3.63) is 70.3 Å². The van der Waals surface area contributed by atoms with Gasteiger partial charge in [0.05, 0.1) is 25.4 Å². The summed E-state index contributed by atoms with van der Waals surface area (Å²) in [5.41, 5.74) is 4.79. The predicted octanol–water partition coefficient (Wildman–Crippen LogP) is 3.65. The van der Waals surface area contributed by atoms with Gasteiger partial charge in [-0.25, -0.2) is 14.8 Å². The number of nitrogens with one attached hydrogen (secondary N) is 1. The molecule has 0 radical (unpaired) electrons. The molecule has 0 fully saturated rings. The quantitative estimate of drug-likeness (QED) is 0.533. The third kappa shape index (κ3) is 4.52. The molecular weight excluding hydrogens is 353 g/mol. The van der Waals surface area contributed by atoms with Gasteiger partial charge in [0, 0.05) is 10.9 Å². The summed E-state index contributed by atoms with van der Waals surface area (Å²) in [5, 5.41) is 6.46. The molecule has 0 bridgehead atoms. The maximum Gasteiger partial charge on any atom is 0.246 e. The summed E-state index contributed by atoms with van der Waals surface area (Å²) in [4.78, 5) is 16.4. The molecule has 0 saturated heterocycles. The number of hydrazone groups is 1. The van der Waals surface area contributed by atoms with E-state index in [1.54, 1.807) is 6.07 Å². The Labute approximate surface area is 154 Å². The molecule has 1 aromatic heterocycles. The van der Waals surface area contributed by atoms with E-state index in [1.807, 2.05) is 35.7 Å². The highest BCUT2D eigenvalue weighted by Crippen LogP contribution is 2.21. The fourth-order valence-electron chi connectivity index (χ4n) is 2.25. The van der Waals surface area contributed by atoms with E-state index < -0.39 is 5.82 Å². The summed E-state index contributed by atoms with van der Waals surface area (Å²) in [6.45, 7) is 0. The molecule has 0 aliphatic carbocycles. The highest BCUT2D eigenvalue weighted by Gasteiger charge is 2.08. The van der Waals surface area contributed by atoms with Crippen molar-refractivity contribution >= 4 is 23.5 Å². The second-order valence-corrected chi connectivity index (χ2v) is 6.30. The lowest BCUT2D eigenvalue weighted by molar-refractivity contribution is -0.120. The molecule has 1 amide bonds. The largest absolute Gasteiger partial charge is 0.494 e. The molecule has 3 rings (SSSR count). The Hall–Kier alpha value is -3.06. The Bertz CT molecular complexity index is 926. The van der Waals surface area contributed by atoms with Crippen LogP contribution in [-0.4, -0.2) is 24.2 Å². The molecule has 0 atom stereocenters. The van der Waals surface area contributed by atoms with Crippen LogP contribution in [0, 0.1) is 5.82 Å². The Morgan fingerprint density at radius 2 is 2.12 bits per heavy atom. The van der Waals surface area contributed by atoms with E-state index in [-0.39, 0.29) is 18.1 Å². The number of thiazole rings is 1. The maximum atomic E-state index is 13.6. The number of hydrogen-bond acceptors (Lipinski definition) is 5. The van der Waals surface area contributed by atoms with Crippen molar-refractivity contribution in [3.63, 3.8) is 0 Å². The predicted molar refractivity (Wildman–Crippen MR) is 99.9 cm³/mol. The second kappa shape index (κ2) is 8.35. The van der Waals surface area contributed by atoms with Crippen LogP contribution in [0.25, 0.3) is 11.3 Å². The number of rotatable bonds is 6. The van der Waals surface area contributed by atoms with Gasteiger partial charge in [0.15, 0.2) is 11.6 Å². The SMILES string of the molecule is COc1ccc(/C=N\NC(=O)Cc2nc(-c3ccccc3)cs2)cc1F. The van der Waals surface area contributed by atoms with Crippen LogP contribution in [-0.2, 0) is 11.2 Å². The average Bonchev–Trinajstić information content (AvgIpc) is 3.11. The normalized spacial score (nSPS) is 10.8. The molecule has 0 spiro atoms. The Balaban J connectivity index is 1.56. The summed E-state index contributed by atoms with van der Waals surface area (Å²) in [6.07, 6.45) is 1.50. The summed E-state index contributed by atoms with van der Waals surface area (Å²) in [5.74, 6) is -0.618. The first-order chi connectivity index (χ1) is 12.7. The van der Waals surface area contributed by atoms with Crippen LogP contribution >= 0.6 is 11.3 Å². The smallest absolute Gasteiger partial charge is 0.246 e. The summed E-state index contributed by atoms with van der Waals surface area (Å²) in [7, 11) is 1.40. The molecule has 0 saturated carbocycles. The van der Waals surface area contributed by atoms with Gasteiger partial charge in [0.2, 0.25) is 5.91 Å². The van der Waals surface area contributed by atoms with Crippen LogP contribution in [0.4, 0.5) is 4.39 Å². The Morgan fingerprint density at radius 3 is 2.85 bits per heavy atom. The van der Waals surface area contributed by atoms with Gasteiger partial charge in [-0.1, -0.05) is 30.3 Å². The maximum absolute atomic E-state index is 13.6. The monoisotopic (exact) mass is 369 g/mol. The van der Waals surface area contributed by atoms with Gasteiger partial charge in [-0.15, -0.1) is 11.3 Å². The molecule has 0 aliphatic rings. The highest BCUT2D eigenvalue weighted by atomic mass is 32.1. The topological polar surface area (TPSA) is 63.6 Å². The van der Waals surface area contributed by atoms with Crippen LogP contribution in [0.15, 0.2) is 59.0 Å². The summed E-state index contributed by atoms with van der Waals surface area (Å²) >= 11 is 1.42. The highest BCUT2D eigenvalue weighted by molar-refractivity contribution is 7.10. The Kier molecular flexibility index (Phi) is 5.70. The molecule has 7 heteroatoms. The van der Waals surface area contributed by atoms with Crippen LogP contribution in [0.1, 0.15) is 10.6 Å². The molecular formula is C19H16FN3O2S. The van der Waals surface area contributed by atoms with Crippen molar-refractivity contribution in [2.24, 2.45) is 5.10 Å². The van der Waals surface area contributed by atoms with Crippen LogP contribution in [0.5, 0.6) is 5.75 Å². The standard InChI is InChI=1S/C19H16FN3O2S/c1-25-17-8-7-13(9-15(17)20)11-21-23-18(24)10-19-22-16(12-26-19)14-5-3-2-4-6-14/h2-9,11-12H,10H2,1H3,(H,23,24)/b21-11-. The number of halogens is 1. The lowest BCUT2D eigenvalue weighted by Crippen LogP contribution is -2.19. The number of ether oxygens (including phenoxy) is 1. The van der Waals surface area contributed by atoms with Crippen molar-refractivity contribution in [3.8, 4) is 17.0 Å². The first-order valence-corrected chi connectivity index (χ1v) is 8.69.